The van der Waals surface area contributed by atoms with Crippen LogP contribution in [0.1, 0.15) is 102 Å². The number of hydrogen-bond donors (Lipinski definition) is 4. The van der Waals surface area contributed by atoms with Crippen molar-refractivity contribution >= 4 is 40.3 Å². The van der Waals surface area contributed by atoms with Gasteiger partial charge in [-0.1, -0.05) is 12.1 Å². The van der Waals surface area contributed by atoms with E-state index in [1.165, 1.54) is 0 Å². The molecule has 3 aromatic rings. The number of nitrogens with two attached hydrogens (primary N) is 2. The highest BCUT2D eigenvalue weighted by molar-refractivity contribution is 5.79. The first-order chi connectivity index (χ1) is 24.3. The molecule has 1 aliphatic heterocycles. The predicted molar refractivity (Wildman–Crippen MR) is 193 cm³/mol. The lowest BCUT2D eigenvalue weighted by Gasteiger charge is -2.29. The van der Waals surface area contributed by atoms with Gasteiger partial charge in [-0.2, -0.15) is 0 Å². The maximum absolute atomic E-state index is 11.9. The van der Waals surface area contributed by atoms with E-state index in [1.54, 1.807) is 0 Å². The number of nitrogen functional groups attached to an aromatic ring is 2. The molecule has 50 heavy (non-hydrogen) atoms. The number of esters is 2. The van der Waals surface area contributed by atoms with Crippen molar-refractivity contribution in [1.29, 1.82) is 0 Å². The van der Waals surface area contributed by atoms with Crippen molar-refractivity contribution in [3.63, 3.8) is 0 Å². The van der Waals surface area contributed by atoms with Crippen molar-refractivity contribution in [3.05, 3.63) is 47.5 Å². The van der Waals surface area contributed by atoms with Gasteiger partial charge in [0.15, 0.2) is 6.29 Å². The van der Waals surface area contributed by atoms with Crippen LogP contribution in [-0.2, 0) is 41.8 Å². The molecular formula is C38H55N5O7. The summed E-state index contributed by atoms with van der Waals surface area (Å²) < 4.78 is 23.7. The zero-order valence-electron chi connectivity index (χ0n) is 29.6. The largest absolute Gasteiger partial charge is 0.466 e. The summed E-state index contributed by atoms with van der Waals surface area (Å²) >= 11 is 0. The summed E-state index contributed by atoms with van der Waals surface area (Å²) in [5, 5.41) is 12.8. The molecule has 1 atom stereocenters. The minimum absolute atomic E-state index is 0.00296. The summed E-state index contributed by atoms with van der Waals surface area (Å²) in [4.78, 5) is 28.1. The average Bonchev–Trinajstić information content (AvgIpc) is 3.47. The Labute approximate surface area is 295 Å². The highest BCUT2D eigenvalue weighted by Gasteiger charge is 2.30. The molecule has 3 fully saturated rings. The second kappa shape index (κ2) is 18.4. The predicted octanol–water partition coefficient (Wildman–Crippen LogP) is 6.25. The van der Waals surface area contributed by atoms with Crippen molar-refractivity contribution in [2.24, 2.45) is 11.8 Å². The summed E-state index contributed by atoms with van der Waals surface area (Å²) in [6.07, 6.45) is 10.2. The lowest BCUT2D eigenvalue weighted by atomic mass is 9.86. The molecule has 6 N–H and O–H groups in total. The summed E-state index contributed by atoms with van der Waals surface area (Å²) in [5.74, 6) is 0.406. The van der Waals surface area contributed by atoms with E-state index >= 15 is 0 Å². The van der Waals surface area contributed by atoms with Gasteiger partial charge < -0.3 is 45.4 Å². The van der Waals surface area contributed by atoms with Crippen LogP contribution in [-0.4, -0.2) is 58.7 Å². The number of carbonyl (C=O) groups is 2. The van der Waals surface area contributed by atoms with Crippen molar-refractivity contribution in [2.45, 2.75) is 116 Å². The number of imidazole rings is 1. The standard InChI is InChI=1S/C21H32N2O4.C17H23N3O3/c1-2-25-21(24)16-7-9-17(10-8-16)23-19-11-6-15(13-18(19)22)14-27-20-5-3-4-12-26-20;1-2-23-16(22)12-4-6-13(7-5-12)20-15-8-3-11(10-21)9-14(15)19-17(20)18/h6,11,13,16-17,20,23H,2-5,7-10,12,14,22H2,1H3;3,8-9,12-13,21H,2,4-7,10H2,1H3,(H2,18,19). The number of nitrogens with one attached hydrogen (secondary N) is 1. The van der Waals surface area contributed by atoms with Gasteiger partial charge in [-0.05, 0) is 120 Å². The summed E-state index contributed by atoms with van der Waals surface area (Å²) in [5.41, 5.74) is 17.7. The van der Waals surface area contributed by atoms with Crippen LogP contribution in [0.4, 0.5) is 17.3 Å². The first kappa shape index (κ1) is 37.4. The molecule has 2 saturated carbocycles. The third kappa shape index (κ3) is 9.88. The normalized spacial score (nSPS) is 23.8. The molecule has 12 heteroatoms. The Bertz CT molecular complexity index is 1540. The molecule has 2 aliphatic carbocycles. The van der Waals surface area contributed by atoms with Crippen LogP contribution in [0.2, 0.25) is 0 Å². The summed E-state index contributed by atoms with van der Waals surface area (Å²) in [6, 6.07) is 12.4. The number of hydrogen-bond acceptors (Lipinski definition) is 11. The Morgan fingerprint density at radius 3 is 2.14 bits per heavy atom. The third-order valence-electron chi connectivity index (χ3n) is 10.0. The number of ether oxygens (including phenoxy) is 4. The van der Waals surface area contributed by atoms with Crippen LogP contribution in [0.25, 0.3) is 11.0 Å². The van der Waals surface area contributed by atoms with E-state index in [-0.39, 0.29) is 42.7 Å². The molecule has 3 aliphatic rings. The van der Waals surface area contributed by atoms with E-state index in [0.29, 0.717) is 31.8 Å². The summed E-state index contributed by atoms with van der Waals surface area (Å²) in [6.45, 7) is 5.87. The van der Waals surface area contributed by atoms with E-state index < -0.39 is 0 Å². The lowest BCUT2D eigenvalue weighted by Crippen LogP contribution is -2.30. The minimum atomic E-state index is -0.0904. The lowest BCUT2D eigenvalue weighted by molar-refractivity contribution is -0.168. The van der Waals surface area contributed by atoms with Crippen LogP contribution in [0.3, 0.4) is 0 Å². The Hall–Kier alpha value is -3.87. The number of aliphatic hydroxyl groups is 1. The SMILES string of the molecule is CCOC(=O)C1CCC(Nc2ccc(COC3CCCCO3)cc2N)CC1.CCOC(=O)C1CCC(n2c(N)nc3cc(CO)ccc32)CC1. The van der Waals surface area contributed by atoms with Crippen LogP contribution in [0, 0.1) is 11.8 Å². The average molecular weight is 694 g/mol. The second-order valence-corrected chi connectivity index (χ2v) is 13.6. The Morgan fingerprint density at radius 1 is 0.880 bits per heavy atom. The number of aromatic nitrogens is 2. The van der Waals surface area contributed by atoms with E-state index in [2.05, 4.69) is 14.9 Å². The van der Waals surface area contributed by atoms with Crippen molar-refractivity contribution < 1.29 is 33.6 Å². The molecular weight excluding hydrogens is 638 g/mol. The molecule has 2 heterocycles. The van der Waals surface area contributed by atoms with Gasteiger partial charge in [0.05, 0.1) is 60.7 Å². The minimum Gasteiger partial charge on any atom is -0.466 e. The number of benzene rings is 2. The Morgan fingerprint density at radius 2 is 1.54 bits per heavy atom. The maximum atomic E-state index is 11.9. The quantitative estimate of drug-likeness (QED) is 0.132. The van der Waals surface area contributed by atoms with Crippen LogP contribution >= 0.6 is 0 Å². The van der Waals surface area contributed by atoms with Gasteiger partial charge in [0.25, 0.3) is 0 Å². The molecule has 12 nitrogen and oxygen atoms in total. The van der Waals surface area contributed by atoms with Crippen molar-refractivity contribution in [3.8, 4) is 0 Å². The zero-order valence-corrected chi connectivity index (χ0v) is 29.6. The highest BCUT2D eigenvalue weighted by Crippen LogP contribution is 2.37. The molecule has 0 radical (unpaired) electrons. The number of nitrogens with zero attached hydrogens (tertiary/aromatic N) is 2. The van der Waals surface area contributed by atoms with Gasteiger partial charge >= 0.3 is 11.9 Å². The first-order valence-electron chi connectivity index (χ1n) is 18.4. The van der Waals surface area contributed by atoms with E-state index in [9.17, 15) is 14.7 Å². The topological polar surface area (TPSA) is 173 Å². The molecule has 0 bridgehead atoms. The molecule has 1 aromatic heterocycles. The molecule has 2 aromatic carbocycles. The molecule has 0 spiro atoms. The first-order valence-corrected chi connectivity index (χ1v) is 18.4. The Balaban J connectivity index is 0.000000197. The number of anilines is 3. The fraction of sp³-hybridized carbons (Fsp3) is 0.605. The van der Waals surface area contributed by atoms with Gasteiger partial charge in [0.1, 0.15) is 0 Å². The monoisotopic (exact) mass is 693 g/mol. The highest BCUT2D eigenvalue weighted by atomic mass is 16.7. The van der Waals surface area contributed by atoms with Gasteiger partial charge in [-0.3, -0.25) is 9.59 Å². The van der Waals surface area contributed by atoms with Crippen molar-refractivity contribution in [1.82, 2.24) is 9.55 Å². The van der Waals surface area contributed by atoms with Crippen LogP contribution < -0.4 is 16.8 Å². The molecule has 1 unspecified atom stereocenters. The number of rotatable bonds is 11. The molecule has 6 rings (SSSR count). The van der Waals surface area contributed by atoms with Gasteiger partial charge in [0, 0.05) is 18.7 Å². The van der Waals surface area contributed by atoms with Crippen LogP contribution in [0.5, 0.6) is 0 Å². The van der Waals surface area contributed by atoms with Gasteiger partial charge in [-0.15, -0.1) is 0 Å². The number of aliphatic hydroxyl groups excluding tert-OH is 1. The number of fused-ring (bicyclic) bond motifs is 1. The van der Waals surface area contributed by atoms with Gasteiger partial charge in [-0.25, -0.2) is 4.98 Å². The smallest absolute Gasteiger partial charge is 0.308 e. The van der Waals surface area contributed by atoms with E-state index in [1.807, 2.05) is 50.2 Å². The van der Waals surface area contributed by atoms with E-state index in [0.717, 1.165) is 111 Å². The van der Waals surface area contributed by atoms with E-state index in [4.69, 9.17) is 30.4 Å². The number of carbonyl (C=O) groups excluding carboxylic acids is 2. The van der Waals surface area contributed by atoms with Crippen molar-refractivity contribution in [2.75, 3.05) is 36.6 Å². The summed E-state index contributed by atoms with van der Waals surface area (Å²) in [7, 11) is 0. The third-order valence-corrected chi connectivity index (χ3v) is 10.0. The molecule has 0 amide bonds. The Kier molecular flexibility index (Phi) is 13.8. The molecule has 1 saturated heterocycles. The molecule has 274 valence electrons. The zero-order chi connectivity index (χ0) is 35.5. The van der Waals surface area contributed by atoms with Gasteiger partial charge in [0.2, 0.25) is 5.95 Å². The fourth-order valence-electron chi connectivity index (χ4n) is 7.29. The second-order valence-electron chi connectivity index (χ2n) is 13.6. The van der Waals surface area contributed by atoms with Crippen LogP contribution in [0.15, 0.2) is 36.4 Å². The fourth-order valence-corrected chi connectivity index (χ4v) is 7.29. The maximum Gasteiger partial charge on any atom is 0.308 e.